The van der Waals surface area contributed by atoms with Gasteiger partial charge in [-0.3, -0.25) is 0 Å². The highest BCUT2D eigenvalue weighted by Gasteiger charge is 2.10. The quantitative estimate of drug-likeness (QED) is 0.678. The minimum Gasteiger partial charge on any atom is -0.394 e. The fourth-order valence-electron chi connectivity index (χ4n) is 0.797. The lowest BCUT2D eigenvalue weighted by atomic mass is 10.2. The predicted octanol–water partition coefficient (Wildman–Crippen LogP) is 0.807. The van der Waals surface area contributed by atoms with Gasteiger partial charge in [-0.1, -0.05) is 0 Å². The van der Waals surface area contributed by atoms with E-state index in [4.69, 9.17) is 19.7 Å². The van der Waals surface area contributed by atoms with Crippen molar-refractivity contribution in [3.8, 4) is 0 Å². The van der Waals surface area contributed by atoms with Gasteiger partial charge in [0.05, 0.1) is 25.4 Å². The fourth-order valence-corrected chi connectivity index (χ4v) is 0.797. The van der Waals surface area contributed by atoms with Gasteiger partial charge in [-0.15, -0.1) is 0 Å². The van der Waals surface area contributed by atoms with Crippen molar-refractivity contribution < 1.29 is 19.7 Å². The molecule has 2 atom stereocenters. The molecule has 0 spiro atoms. The molecule has 0 aliphatic rings. The Morgan fingerprint density at radius 3 is 1.29 bits per heavy atom. The summed E-state index contributed by atoms with van der Waals surface area (Å²) in [6.07, 6.45) is 0.426. The molecule has 0 amide bonds. The maximum Gasteiger partial charge on any atom is 0.0805 e. The van der Waals surface area contributed by atoms with E-state index in [-0.39, 0.29) is 25.4 Å². The van der Waals surface area contributed by atoms with Gasteiger partial charge in [0, 0.05) is 13.2 Å². The molecule has 0 radical (unpaired) electrons. The molecule has 88 valence electrons. The molecule has 14 heavy (non-hydrogen) atoms. The highest BCUT2D eigenvalue weighted by Crippen LogP contribution is 2.01. The summed E-state index contributed by atoms with van der Waals surface area (Å²) in [4.78, 5) is 0. The molecule has 4 heteroatoms. The highest BCUT2D eigenvalue weighted by atomic mass is 16.5. The molecule has 0 aromatic heterocycles. The Balaban J connectivity index is 0. The summed E-state index contributed by atoms with van der Waals surface area (Å²) in [5, 5.41) is 15.2. The van der Waals surface area contributed by atoms with Gasteiger partial charge in [-0.05, 0) is 27.7 Å². The number of aliphatic hydroxyl groups excluding tert-OH is 2. The van der Waals surface area contributed by atoms with Crippen LogP contribution in [0.4, 0.5) is 0 Å². The van der Waals surface area contributed by atoms with E-state index in [1.54, 1.807) is 0 Å². The van der Waals surface area contributed by atoms with Crippen molar-refractivity contribution in [3.63, 3.8) is 0 Å². The number of rotatable bonds is 6. The predicted molar refractivity (Wildman–Crippen MR) is 56.3 cm³/mol. The summed E-state index contributed by atoms with van der Waals surface area (Å²) in [6, 6.07) is 0. The fraction of sp³-hybridized carbons (Fsp3) is 1.00. The van der Waals surface area contributed by atoms with Gasteiger partial charge in [0.2, 0.25) is 0 Å². The van der Waals surface area contributed by atoms with Crippen LogP contribution in [0.3, 0.4) is 0 Å². The average Bonchev–Trinajstić information content (AvgIpc) is 2.19. The lowest BCUT2D eigenvalue weighted by Gasteiger charge is -2.19. The first-order chi connectivity index (χ1) is 6.63. The number of hydrogen-bond donors (Lipinski definition) is 2. The zero-order valence-electron chi connectivity index (χ0n) is 9.69. The first kappa shape index (κ1) is 16.3. The minimum absolute atomic E-state index is 0.125. The minimum atomic E-state index is -0.125. The van der Waals surface area contributed by atoms with Crippen LogP contribution in [0.15, 0.2) is 0 Å². The van der Waals surface area contributed by atoms with E-state index in [2.05, 4.69) is 0 Å². The first-order valence-electron chi connectivity index (χ1n) is 5.08. The van der Waals surface area contributed by atoms with Gasteiger partial charge in [0.15, 0.2) is 0 Å². The van der Waals surface area contributed by atoms with E-state index in [1.807, 2.05) is 27.7 Å². The van der Waals surface area contributed by atoms with E-state index in [0.717, 1.165) is 13.2 Å². The van der Waals surface area contributed by atoms with E-state index in [0.29, 0.717) is 0 Å². The molecule has 0 aliphatic carbocycles. The summed E-state index contributed by atoms with van der Waals surface area (Å²) >= 11 is 0. The Bertz CT molecular complexity index is 86.1. The van der Waals surface area contributed by atoms with E-state index in [1.165, 1.54) is 0 Å². The number of ether oxygens (including phenoxy) is 2. The zero-order chi connectivity index (χ0) is 11.4. The molecule has 0 fully saturated rings. The molecule has 4 nitrogen and oxygen atoms in total. The highest BCUT2D eigenvalue weighted by molar-refractivity contribution is 4.58. The molecule has 0 aliphatic heterocycles. The molecule has 0 rings (SSSR count). The molecule has 0 aromatic carbocycles. The first-order valence-corrected chi connectivity index (χ1v) is 5.08. The van der Waals surface area contributed by atoms with Crippen LogP contribution in [-0.4, -0.2) is 48.8 Å². The molecule has 2 unspecified atom stereocenters. The lowest BCUT2D eigenvalue weighted by molar-refractivity contribution is -0.0489. The Kier molecular flexibility index (Phi) is 14.9. The summed E-state index contributed by atoms with van der Waals surface area (Å²) in [5.74, 6) is 0. The summed E-state index contributed by atoms with van der Waals surface area (Å²) in [5.41, 5.74) is 0. The molecular weight excluding hydrogens is 184 g/mol. The molecule has 0 aromatic rings. The van der Waals surface area contributed by atoms with Gasteiger partial charge < -0.3 is 19.7 Å². The van der Waals surface area contributed by atoms with Crippen LogP contribution in [0.25, 0.3) is 0 Å². The van der Waals surface area contributed by atoms with Crippen LogP contribution in [0.5, 0.6) is 0 Å². The van der Waals surface area contributed by atoms with E-state index >= 15 is 0 Å². The van der Waals surface area contributed by atoms with Gasteiger partial charge in [0.1, 0.15) is 0 Å². The maximum atomic E-state index is 7.62. The van der Waals surface area contributed by atoms with Crippen LogP contribution in [0, 0.1) is 0 Å². The third-order valence-electron chi connectivity index (χ3n) is 1.62. The monoisotopic (exact) mass is 208 g/mol. The normalized spacial score (nSPS) is 14.1. The van der Waals surface area contributed by atoms with Gasteiger partial charge in [0.25, 0.3) is 0 Å². The third-order valence-corrected chi connectivity index (χ3v) is 1.62. The molecule has 2 N–H and O–H groups in total. The molecule has 0 saturated carbocycles. The van der Waals surface area contributed by atoms with Crippen LogP contribution in [0.1, 0.15) is 27.7 Å². The average molecular weight is 208 g/mol. The summed E-state index contributed by atoms with van der Waals surface area (Å²) in [7, 11) is 0. The van der Waals surface area contributed by atoms with Crippen LogP contribution in [-0.2, 0) is 9.47 Å². The second kappa shape index (κ2) is 12.8. The van der Waals surface area contributed by atoms with E-state index in [9.17, 15) is 0 Å². The van der Waals surface area contributed by atoms with Gasteiger partial charge >= 0.3 is 0 Å². The Labute approximate surface area is 86.8 Å². The molecule has 0 heterocycles. The number of aliphatic hydroxyl groups is 2. The Hall–Kier alpha value is -0.160. The van der Waals surface area contributed by atoms with Crippen LogP contribution < -0.4 is 0 Å². The van der Waals surface area contributed by atoms with Crippen molar-refractivity contribution >= 4 is 0 Å². The summed E-state index contributed by atoms with van der Waals surface area (Å²) < 4.78 is 10.7. The number of hydrogen-bond acceptors (Lipinski definition) is 4. The smallest absolute Gasteiger partial charge is 0.0805 e. The van der Waals surface area contributed by atoms with Crippen molar-refractivity contribution in [3.05, 3.63) is 0 Å². The molecular formula is C10H24O4. The van der Waals surface area contributed by atoms with Crippen molar-refractivity contribution in [2.45, 2.75) is 39.9 Å². The molecule has 0 bridgehead atoms. The van der Waals surface area contributed by atoms with Crippen molar-refractivity contribution in [1.29, 1.82) is 0 Å². The van der Waals surface area contributed by atoms with Gasteiger partial charge in [-0.25, -0.2) is 0 Å². The van der Waals surface area contributed by atoms with E-state index < -0.39 is 0 Å². The molecule has 0 saturated heterocycles. The standard InChI is InChI=1S/C8H18O2.C2H6O2/c1-5-9-7(3)8(4)10-6-2;3-1-2-4/h7-8H,5-6H2,1-4H3;3-4H,1-2H2. The van der Waals surface area contributed by atoms with Crippen LogP contribution in [0.2, 0.25) is 0 Å². The Morgan fingerprint density at radius 1 is 0.857 bits per heavy atom. The SMILES string of the molecule is CCOC(C)C(C)OCC.OCCO. The summed E-state index contributed by atoms with van der Waals surface area (Å²) in [6.45, 7) is 9.33. The zero-order valence-corrected chi connectivity index (χ0v) is 9.69. The lowest BCUT2D eigenvalue weighted by Crippen LogP contribution is -2.25. The maximum absolute atomic E-state index is 7.62. The van der Waals surface area contributed by atoms with Crippen molar-refractivity contribution in [2.75, 3.05) is 26.4 Å². The van der Waals surface area contributed by atoms with Crippen molar-refractivity contribution in [1.82, 2.24) is 0 Å². The topological polar surface area (TPSA) is 58.9 Å². The Morgan fingerprint density at radius 2 is 1.14 bits per heavy atom. The largest absolute Gasteiger partial charge is 0.394 e. The van der Waals surface area contributed by atoms with Gasteiger partial charge in [-0.2, -0.15) is 0 Å². The van der Waals surface area contributed by atoms with Crippen molar-refractivity contribution in [2.24, 2.45) is 0 Å². The van der Waals surface area contributed by atoms with Crippen LogP contribution >= 0.6 is 0 Å². The second-order valence-corrected chi connectivity index (χ2v) is 2.77. The third kappa shape index (κ3) is 11.8. The second-order valence-electron chi connectivity index (χ2n) is 2.77.